The van der Waals surface area contributed by atoms with Crippen LogP contribution in [0, 0.1) is 5.92 Å². The molecular weight excluding hydrogens is 346 g/mol. The van der Waals surface area contributed by atoms with Gasteiger partial charge in [0.05, 0.1) is 5.92 Å². The van der Waals surface area contributed by atoms with Gasteiger partial charge in [-0.05, 0) is 43.5 Å². The molecule has 0 bridgehead atoms. The van der Waals surface area contributed by atoms with Crippen LogP contribution in [-0.2, 0) is 16.0 Å². The fourth-order valence-electron chi connectivity index (χ4n) is 2.71. The van der Waals surface area contributed by atoms with Gasteiger partial charge in [-0.2, -0.15) is 4.98 Å². The van der Waals surface area contributed by atoms with Gasteiger partial charge < -0.3 is 14.9 Å². The molecule has 8 heteroatoms. The van der Waals surface area contributed by atoms with Crippen molar-refractivity contribution < 1.29 is 19.2 Å². The number of carboxylic acid groups (broad SMARTS) is 1. The van der Waals surface area contributed by atoms with Gasteiger partial charge in [-0.1, -0.05) is 16.8 Å². The first-order chi connectivity index (χ1) is 12.0. The molecule has 1 fully saturated rings. The third-order valence-corrected chi connectivity index (χ3v) is 4.47. The van der Waals surface area contributed by atoms with E-state index in [-0.39, 0.29) is 17.9 Å². The molecule has 1 aliphatic rings. The largest absolute Gasteiger partial charge is 0.481 e. The number of nitrogens with zero attached hydrogens (tertiary/aromatic N) is 2. The number of carboxylic acids is 1. The van der Waals surface area contributed by atoms with Crippen LogP contribution in [0.5, 0.6) is 0 Å². The van der Waals surface area contributed by atoms with Crippen molar-refractivity contribution >= 4 is 23.5 Å². The minimum Gasteiger partial charge on any atom is -0.481 e. The number of aromatic nitrogens is 2. The zero-order chi connectivity index (χ0) is 17.8. The Balaban J connectivity index is 1.40. The molecular formula is C17H18ClN3O4. The van der Waals surface area contributed by atoms with Gasteiger partial charge in [0.15, 0.2) is 0 Å². The second-order valence-electron chi connectivity index (χ2n) is 6.14. The lowest BCUT2D eigenvalue weighted by Gasteiger charge is -2.32. The summed E-state index contributed by atoms with van der Waals surface area (Å²) in [7, 11) is 0. The van der Waals surface area contributed by atoms with Crippen molar-refractivity contribution in [1.29, 1.82) is 0 Å². The highest BCUT2D eigenvalue weighted by molar-refractivity contribution is 6.30. The van der Waals surface area contributed by atoms with Gasteiger partial charge in [-0.3, -0.25) is 9.59 Å². The summed E-state index contributed by atoms with van der Waals surface area (Å²) in [5, 5.41) is 16.2. The third kappa shape index (κ3) is 4.57. The number of benzene rings is 1. The fraction of sp³-hybridized carbons (Fsp3) is 0.412. The number of hydrogen-bond acceptors (Lipinski definition) is 5. The molecule has 0 radical (unpaired) electrons. The minimum atomic E-state index is -0.793. The number of halogens is 1. The molecule has 0 aliphatic heterocycles. The molecule has 2 N–H and O–H groups in total. The zero-order valence-electron chi connectivity index (χ0n) is 13.4. The van der Waals surface area contributed by atoms with Gasteiger partial charge in [0, 0.05) is 29.5 Å². The zero-order valence-corrected chi connectivity index (χ0v) is 14.2. The van der Waals surface area contributed by atoms with Crippen LogP contribution in [0.4, 0.5) is 0 Å². The number of carbonyl (C=O) groups is 2. The van der Waals surface area contributed by atoms with Gasteiger partial charge in [-0.15, -0.1) is 0 Å². The van der Waals surface area contributed by atoms with E-state index in [1.807, 2.05) is 12.1 Å². The van der Waals surface area contributed by atoms with Crippen molar-refractivity contribution in [3.05, 3.63) is 35.2 Å². The fourth-order valence-corrected chi connectivity index (χ4v) is 2.84. The van der Waals surface area contributed by atoms with E-state index in [0.29, 0.717) is 48.8 Å². The van der Waals surface area contributed by atoms with E-state index < -0.39 is 5.97 Å². The van der Waals surface area contributed by atoms with Crippen LogP contribution in [0.3, 0.4) is 0 Å². The van der Waals surface area contributed by atoms with Crippen LogP contribution in [0.2, 0.25) is 5.02 Å². The maximum Gasteiger partial charge on any atom is 0.306 e. The number of aliphatic carboxylic acids is 1. The molecule has 1 aromatic carbocycles. The van der Waals surface area contributed by atoms with Gasteiger partial charge in [0.25, 0.3) is 0 Å². The molecule has 0 spiro atoms. The molecule has 1 saturated carbocycles. The summed E-state index contributed by atoms with van der Waals surface area (Å²) in [5.41, 5.74) is 0.815. The van der Waals surface area contributed by atoms with Crippen molar-refractivity contribution in [2.24, 2.45) is 5.92 Å². The van der Waals surface area contributed by atoms with Crippen molar-refractivity contribution in [2.75, 3.05) is 0 Å². The molecule has 132 valence electrons. The Morgan fingerprint density at radius 3 is 2.68 bits per heavy atom. The molecule has 1 aromatic heterocycles. The Bertz CT molecular complexity index is 754. The van der Waals surface area contributed by atoms with Crippen molar-refractivity contribution in [2.45, 2.75) is 38.1 Å². The van der Waals surface area contributed by atoms with Gasteiger partial charge in [0.1, 0.15) is 0 Å². The van der Waals surface area contributed by atoms with Gasteiger partial charge >= 0.3 is 5.97 Å². The maximum atomic E-state index is 11.8. The van der Waals surface area contributed by atoms with E-state index >= 15 is 0 Å². The SMILES string of the molecule is O=C(CCCc1nc(-c2ccc(Cl)cc2)no1)NC1CC(C(=O)O)C1. The first-order valence-corrected chi connectivity index (χ1v) is 8.50. The number of carbonyl (C=O) groups excluding carboxylic acids is 1. The lowest BCUT2D eigenvalue weighted by molar-refractivity contribution is -0.146. The molecule has 1 aliphatic carbocycles. The van der Waals surface area contributed by atoms with Crippen molar-refractivity contribution in [3.63, 3.8) is 0 Å². The second-order valence-corrected chi connectivity index (χ2v) is 6.58. The maximum absolute atomic E-state index is 11.8. The highest BCUT2D eigenvalue weighted by Crippen LogP contribution is 2.27. The van der Waals surface area contributed by atoms with E-state index in [9.17, 15) is 9.59 Å². The first-order valence-electron chi connectivity index (χ1n) is 8.12. The molecule has 2 aromatic rings. The molecule has 1 heterocycles. The number of aryl methyl sites for hydroxylation is 1. The predicted octanol–water partition coefficient (Wildman–Crippen LogP) is 2.69. The third-order valence-electron chi connectivity index (χ3n) is 4.22. The predicted molar refractivity (Wildman–Crippen MR) is 90.0 cm³/mol. The van der Waals surface area contributed by atoms with Crippen LogP contribution < -0.4 is 5.32 Å². The van der Waals surface area contributed by atoms with Crippen LogP contribution in [0.1, 0.15) is 31.6 Å². The highest BCUT2D eigenvalue weighted by Gasteiger charge is 2.35. The average molecular weight is 364 g/mol. The Labute approximate surface area is 149 Å². The van der Waals surface area contributed by atoms with Crippen molar-refractivity contribution in [1.82, 2.24) is 15.5 Å². The van der Waals surface area contributed by atoms with E-state index in [2.05, 4.69) is 15.5 Å². The summed E-state index contributed by atoms with van der Waals surface area (Å²) in [6.45, 7) is 0. The van der Waals surface area contributed by atoms with E-state index in [4.69, 9.17) is 21.2 Å². The van der Waals surface area contributed by atoms with E-state index in [1.54, 1.807) is 12.1 Å². The molecule has 0 saturated heterocycles. The second kappa shape index (κ2) is 7.65. The Hall–Kier alpha value is -2.41. The van der Waals surface area contributed by atoms with Gasteiger partial charge in [-0.25, -0.2) is 0 Å². The van der Waals surface area contributed by atoms with Crippen LogP contribution in [0.15, 0.2) is 28.8 Å². The molecule has 0 atom stereocenters. The van der Waals surface area contributed by atoms with Gasteiger partial charge in [0.2, 0.25) is 17.6 Å². The quantitative estimate of drug-likeness (QED) is 0.783. The summed E-state index contributed by atoms with van der Waals surface area (Å²) < 4.78 is 5.19. The number of nitrogens with one attached hydrogen (secondary N) is 1. The average Bonchev–Trinajstić information content (AvgIpc) is 2.99. The standard InChI is InChI=1S/C17H18ClN3O4/c18-12-6-4-10(5-7-12)16-20-15(25-21-16)3-1-2-14(22)19-13-8-11(9-13)17(23)24/h4-7,11,13H,1-3,8-9H2,(H,19,22)(H,23,24). The highest BCUT2D eigenvalue weighted by atomic mass is 35.5. The Morgan fingerprint density at radius 1 is 1.28 bits per heavy atom. The monoisotopic (exact) mass is 363 g/mol. The summed E-state index contributed by atoms with van der Waals surface area (Å²) in [4.78, 5) is 26.9. The molecule has 25 heavy (non-hydrogen) atoms. The Morgan fingerprint density at radius 2 is 2.00 bits per heavy atom. The van der Waals surface area contributed by atoms with Crippen LogP contribution in [0.25, 0.3) is 11.4 Å². The molecule has 0 unspecified atom stereocenters. The Kier molecular flexibility index (Phi) is 5.33. The normalized spacial score (nSPS) is 19.2. The van der Waals surface area contributed by atoms with Crippen molar-refractivity contribution in [3.8, 4) is 11.4 Å². The summed E-state index contributed by atoms with van der Waals surface area (Å²) in [6.07, 6.45) is 2.46. The summed E-state index contributed by atoms with van der Waals surface area (Å²) >= 11 is 5.85. The van der Waals surface area contributed by atoms with Crippen LogP contribution in [-0.4, -0.2) is 33.2 Å². The summed E-state index contributed by atoms with van der Waals surface area (Å²) in [5.74, 6) is -0.225. The first kappa shape index (κ1) is 17.4. The number of hydrogen-bond donors (Lipinski definition) is 2. The molecule has 7 nitrogen and oxygen atoms in total. The van der Waals surface area contributed by atoms with E-state index in [0.717, 1.165) is 5.56 Å². The lowest BCUT2D eigenvalue weighted by Crippen LogP contribution is -2.46. The van der Waals surface area contributed by atoms with E-state index in [1.165, 1.54) is 0 Å². The molecule has 3 rings (SSSR count). The minimum absolute atomic E-state index is 0.0199. The smallest absolute Gasteiger partial charge is 0.306 e. The lowest BCUT2D eigenvalue weighted by atomic mass is 9.80. The summed E-state index contributed by atoms with van der Waals surface area (Å²) in [6, 6.07) is 7.12. The molecule has 1 amide bonds. The number of amides is 1. The topological polar surface area (TPSA) is 105 Å². The van der Waals surface area contributed by atoms with Crippen LogP contribution >= 0.6 is 11.6 Å². The number of rotatable bonds is 7.